The summed E-state index contributed by atoms with van der Waals surface area (Å²) in [7, 11) is 0. The molecule has 0 amide bonds. The van der Waals surface area contributed by atoms with Gasteiger partial charge in [0.05, 0.1) is 6.10 Å². The van der Waals surface area contributed by atoms with Crippen molar-refractivity contribution in [2.45, 2.75) is 69.5 Å². The van der Waals surface area contributed by atoms with E-state index in [1.54, 1.807) is 0 Å². The van der Waals surface area contributed by atoms with E-state index in [0.29, 0.717) is 6.61 Å². The van der Waals surface area contributed by atoms with E-state index < -0.39 is 17.3 Å². The smallest absolute Gasteiger partial charge is 0.334 e. The van der Waals surface area contributed by atoms with Crippen LogP contribution in [-0.2, 0) is 19.0 Å². The molecular formula is C20H24O5. The predicted octanol–water partition coefficient (Wildman–Crippen LogP) is 1.89. The van der Waals surface area contributed by atoms with Crippen LogP contribution in [0.5, 0.6) is 0 Å². The Balaban J connectivity index is 1.49. The van der Waals surface area contributed by atoms with E-state index in [4.69, 9.17) is 14.2 Å². The van der Waals surface area contributed by atoms with Gasteiger partial charge in [0.25, 0.3) is 0 Å². The summed E-state index contributed by atoms with van der Waals surface area (Å²) in [6.07, 6.45) is 4.18. The van der Waals surface area contributed by atoms with Crippen LogP contribution in [0.3, 0.4) is 0 Å². The van der Waals surface area contributed by atoms with Gasteiger partial charge in [0.1, 0.15) is 30.0 Å². The van der Waals surface area contributed by atoms with E-state index in [0.717, 1.165) is 24.8 Å². The number of carbonyl (C=O) groups excluding carboxylic acids is 1. The first-order valence-electron chi connectivity index (χ1n) is 9.51. The van der Waals surface area contributed by atoms with Crippen molar-refractivity contribution >= 4 is 5.97 Å². The summed E-state index contributed by atoms with van der Waals surface area (Å²) in [6.45, 7) is 6.94. The number of ether oxygens (including phenoxy) is 3. The second kappa shape index (κ2) is 4.05. The number of fused-ring (bicyclic) bond motifs is 4. The fourth-order valence-electron chi connectivity index (χ4n) is 6.56. The summed E-state index contributed by atoms with van der Waals surface area (Å²) >= 11 is 0. The van der Waals surface area contributed by atoms with E-state index in [1.165, 1.54) is 11.1 Å². The SMILES string of the molecule is CC(C)[C@]12O[C@H]1C=C1[C@]3(O[C@H]3C[C@H]3C4=C(CC[C@]13C)C(=O)OC4)[C@H]2O. The van der Waals surface area contributed by atoms with Crippen LogP contribution in [0.2, 0.25) is 0 Å². The van der Waals surface area contributed by atoms with Crippen molar-refractivity contribution in [1.29, 1.82) is 0 Å². The third-order valence-corrected chi connectivity index (χ3v) is 8.09. The van der Waals surface area contributed by atoms with Gasteiger partial charge in [-0.05, 0) is 47.7 Å². The quantitative estimate of drug-likeness (QED) is 0.447. The highest BCUT2D eigenvalue weighted by Gasteiger charge is 2.82. The van der Waals surface area contributed by atoms with Crippen LogP contribution in [0.1, 0.15) is 40.0 Å². The van der Waals surface area contributed by atoms with Crippen molar-refractivity contribution in [3.63, 3.8) is 0 Å². The Morgan fingerprint density at radius 1 is 1.32 bits per heavy atom. The maximum absolute atomic E-state index is 12.0. The molecule has 1 spiro atoms. The zero-order valence-electron chi connectivity index (χ0n) is 14.9. The van der Waals surface area contributed by atoms with Gasteiger partial charge < -0.3 is 19.3 Å². The molecule has 1 N–H and O–H groups in total. The number of carbonyl (C=O) groups is 1. The number of esters is 1. The van der Waals surface area contributed by atoms with Gasteiger partial charge in [0.15, 0.2) is 0 Å². The Labute approximate surface area is 147 Å². The van der Waals surface area contributed by atoms with Gasteiger partial charge in [-0.25, -0.2) is 4.79 Å². The van der Waals surface area contributed by atoms with Crippen molar-refractivity contribution < 1.29 is 24.1 Å². The normalized spacial score (nSPS) is 54.8. The van der Waals surface area contributed by atoms with Crippen molar-refractivity contribution in [1.82, 2.24) is 0 Å². The number of hydrogen-bond acceptors (Lipinski definition) is 5. The molecule has 134 valence electrons. The zero-order chi connectivity index (χ0) is 17.4. The Kier molecular flexibility index (Phi) is 2.42. The van der Waals surface area contributed by atoms with Crippen molar-refractivity contribution in [3.8, 4) is 0 Å². The number of cyclic esters (lactones) is 1. The number of epoxide rings is 2. The summed E-state index contributed by atoms with van der Waals surface area (Å²) < 4.78 is 17.6. The molecule has 25 heavy (non-hydrogen) atoms. The molecule has 0 bridgehead atoms. The molecule has 6 aliphatic rings. The molecule has 0 radical (unpaired) electrons. The van der Waals surface area contributed by atoms with E-state index in [9.17, 15) is 9.90 Å². The lowest BCUT2D eigenvalue weighted by Crippen LogP contribution is -2.58. The standard InChI is InChI=1S/C20H24O5/c1-9(2)19-15(24-19)7-13-18(3)5-4-10-11(8-23-16(10)21)12(18)6-14-20(13,25-14)17(19)22/h7,9,12,14-15,17,22H,4-6,8H2,1-3H3/t12-,14-,15-,17-,18-,19-,20+/m0/s1. The fourth-order valence-corrected chi connectivity index (χ4v) is 6.56. The monoisotopic (exact) mass is 344 g/mol. The molecular weight excluding hydrogens is 320 g/mol. The summed E-state index contributed by atoms with van der Waals surface area (Å²) in [4.78, 5) is 12.0. The first-order chi connectivity index (χ1) is 11.9. The van der Waals surface area contributed by atoms with Crippen molar-refractivity contribution in [3.05, 3.63) is 22.8 Å². The summed E-state index contributed by atoms with van der Waals surface area (Å²) in [6, 6.07) is 0. The van der Waals surface area contributed by atoms with Crippen molar-refractivity contribution in [2.75, 3.05) is 6.61 Å². The van der Waals surface area contributed by atoms with Crippen LogP contribution >= 0.6 is 0 Å². The van der Waals surface area contributed by atoms with Crippen LogP contribution in [0, 0.1) is 17.3 Å². The number of hydrogen-bond donors (Lipinski definition) is 1. The molecule has 3 aliphatic heterocycles. The molecule has 5 heteroatoms. The molecule has 5 nitrogen and oxygen atoms in total. The third kappa shape index (κ3) is 1.41. The van der Waals surface area contributed by atoms with Gasteiger partial charge in [0, 0.05) is 5.57 Å². The van der Waals surface area contributed by atoms with Gasteiger partial charge in [-0.3, -0.25) is 0 Å². The average Bonchev–Trinajstić information content (AvgIpc) is 3.44. The molecule has 6 rings (SSSR count). The van der Waals surface area contributed by atoms with Crippen LogP contribution < -0.4 is 0 Å². The highest BCUT2D eigenvalue weighted by Crippen LogP contribution is 2.72. The molecule has 0 aromatic carbocycles. The molecule has 7 atom stereocenters. The van der Waals surface area contributed by atoms with E-state index in [-0.39, 0.29) is 35.4 Å². The van der Waals surface area contributed by atoms with Gasteiger partial charge in [0.2, 0.25) is 0 Å². The third-order valence-electron chi connectivity index (χ3n) is 8.09. The van der Waals surface area contributed by atoms with Gasteiger partial charge in [-0.1, -0.05) is 26.8 Å². The average molecular weight is 344 g/mol. The molecule has 3 heterocycles. The molecule has 2 saturated heterocycles. The maximum Gasteiger partial charge on any atom is 0.334 e. The minimum atomic E-state index is -0.607. The van der Waals surface area contributed by atoms with Crippen molar-refractivity contribution in [2.24, 2.45) is 17.3 Å². The molecule has 3 fully saturated rings. The Hall–Kier alpha value is -1.17. The second-order valence-corrected chi connectivity index (χ2v) is 9.21. The predicted molar refractivity (Wildman–Crippen MR) is 87.6 cm³/mol. The summed E-state index contributed by atoms with van der Waals surface area (Å²) in [5.41, 5.74) is 2.16. The van der Waals surface area contributed by atoms with Crippen LogP contribution in [0.25, 0.3) is 0 Å². The molecule has 0 aromatic rings. The Bertz CT molecular complexity index is 781. The molecule has 1 saturated carbocycles. The van der Waals surface area contributed by atoms with Crippen LogP contribution in [0.4, 0.5) is 0 Å². The molecule has 0 unspecified atom stereocenters. The Morgan fingerprint density at radius 2 is 2.12 bits per heavy atom. The van der Waals surface area contributed by atoms with E-state index in [1.807, 2.05) is 0 Å². The number of aliphatic hydroxyl groups excluding tert-OH is 1. The highest BCUT2D eigenvalue weighted by atomic mass is 16.7. The minimum Gasteiger partial charge on any atom is -0.458 e. The van der Waals surface area contributed by atoms with Crippen LogP contribution in [0.15, 0.2) is 22.8 Å². The zero-order valence-corrected chi connectivity index (χ0v) is 14.9. The first kappa shape index (κ1) is 14.9. The highest BCUT2D eigenvalue weighted by molar-refractivity contribution is 5.92. The Morgan fingerprint density at radius 3 is 2.88 bits per heavy atom. The molecule has 0 aromatic heterocycles. The second-order valence-electron chi connectivity index (χ2n) is 9.21. The number of aliphatic hydroxyl groups is 1. The first-order valence-corrected chi connectivity index (χ1v) is 9.51. The molecule has 3 aliphatic carbocycles. The minimum absolute atomic E-state index is 0.0135. The topological polar surface area (TPSA) is 71.6 Å². The summed E-state index contributed by atoms with van der Waals surface area (Å²) in [5.74, 6) is 0.385. The largest absolute Gasteiger partial charge is 0.458 e. The lowest BCUT2D eigenvalue weighted by Gasteiger charge is -2.50. The lowest BCUT2D eigenvalue weighted by molar-refractivity contribution is -0.136. The fraction of sp³-hybridized carbons (Fsp3) is 0.750. The van der Waals surface area contributed by atoms with Gasteiger partial charge in [-0.2, -0.15) is 0 Å². The van der Waals surface area contributed by atoms with E-state index in [2.05, 4.69) is 26.8 Å². The van der Waals surface area contributed by atoms with E-state index >= 15 is 0 Å². The number of rotatable bonds is 1. The van der Waals surface area contributed by atoms with Crippen LogP contribution in [-0.4, -0.2) is 47.2 Å². The lowest BCUT2D eigenvalue weighted by atomic mass is 9.51. The summed E-state index contributed by atoms with van der Waals surface area (Å²) in [5, 5.41) is 11.3. The van der Waals surface area contributed by atoms with Gasteiger partial charge >= 0.3 is 5.97 Å². The maximum atomic E-state index is 12.0. The van der Waals surface area contributed by atoms with Gasteiger partial charge in [-0.15, -0.1) is 0 Å².